The maximum atomic E-state index is 8.33. The Bertz CT molecular complexity index is 856. The molecule has 0 fully saturated rings. The number of carbonyl (C=O) groups is 1. The van der Waals surface area contributed by atoms with E-state index in [1.807, 2.05) is 0 Å². The summed E-state index contributed by atoms with van der Waals surface area (Å²) in [6.45, 7) is 14.8. The quantitative estimate of drug-likeness (QED) is 0.0450. The van der Waals surface area contributed by atoms with Gasteiger partial charge < -0.3 is 24.0 Å². The summed E-state index contributed by atoms with van der Waals surface area (Å²) in [4.78, 5) is 8.33. The zero-order valence-electron chi connectivity index (χ0n) is 53.0. The van der Waals surface area contributed by atoms with E-state index in [-0.39, 0.29) is 0 Å². The van der Waals surface area contributed by atoms with Crippen LogP contribution in [0, 0.1) is 0 Å². The molecule has 0 amide bonds. The van der Waals surface area contributed by atoms with E-state index in [0.29, 0.717) is 0 Å². The summed E-state index contributed by atoms with van der Waals surface area (Å²) >= 11 is 0. The number of carboxylic acid groups (broad SMARTS) is 2. The molecule has 0 saturated carbocycles. The Labute approximate surface area is 469 Å². The van der Waals surface area contributed by atoms with Crippen molar-refractivity contribution >= 4 is 6.16 Å². The molecule has 74 heavy (non-hydrogen) atoms. The van der Waals surface area contributed by atoms with Crippen LogP contribution in [0.15, 0.2) is 0 Å². The number of carbonyl (C=O) groups excluding carboxylic acids is 1. The third kappa shape index (κ3) is 77.7. The average Bonchev–Trinajstić information content (AvgIpc) is 3.36. The predicted octanol–water partition coefficient (Wildman–Crippen LogP) is 21.6. The van der Waals surface area contributed by atoms with E-state index in [1.54, 1.807) is 0 Å². The lowest BCUT2D eigenvalue weighted by atomic mass is 10.0. The molecule has 448 valence electrons. The molecule has 0 radical (unpaired) electrons. The minimum absolute atomic E-state index is 1.25. The first-order valence-electron chi connectivity index (χ1n) is 34.5. The van der Waals surface area contributed by atoms with Crippen molar-refractivity contribution in [2.45, 2.75) is 387 Å². The first-order chi connectivity index (χ1) is 36.0. The van der Waals surface area contributed by atoms with E-state index < -0.39 is 6.16 Å². The normalized spacial score (nSPS) is 11.7. The second-order valence-electron chi connectivity index (χ2n) is 25.4. The second-order valence-corrected chi connectivity index (χ2v) is 25.4. The number of hydrogen-bond acceptors (Lipinski definition) is 3. The summed E-state index contributed by atoms with van der Waals surface area (Å²) in [7, 11) is 9.85. The molecule has 0 heterocycles. The Morgan fingerprint density at radius 1 is 0.203 bits per heavy atom. The third-order valence-electron chi connectivity index (χ3n) is 16.5. The second kappa shape index (κ2) is 66.5. The number of nitrogens with zero attached hydrogens (tertiary/aromatic N) is 2. The lowest BCUT2D eigenvalue weighted by Crippen LogP contribution is -2.41. The van der Waals surface area contributed by atoms with Crippen LogP contribution in [-0.4, -0.2) is 69.5 Å². The van der Waals surface area contributed by atoms with E-state index in [9.17, 15) is 0 Å². The predicted molar refractivity (Wildman–Crippen MR) is 330 cm³/mol. The van der Waals surface area contributed by atoms with Gasteiger partial charge >= 0.3 is 0 Å². The summed E-state index contributed by atoms with van der Waals surface area (Å²) in [6, 6.07) is 0. The number of rotatable bonds is 60. The van der Waals surface area contributed by atoms with Gasteiger partial charge in [0, 0.05) is 0 Å². The van der Waals surface area contributed by atoms with Crippen LogP contribution in [0.3, 0.4) is 0 Å². The van der Waals surface area contributed by atoms with Crippen LogP contribution < -0.4 is 10.2 Å². The van der Waals surface area contributed by atoms with Gasteiger partial charge in [0.1, 0.15) is 0 Å². The maximum absolute atomic E-state index is 8.33. The van der Waals surface area contributed by atoms with Crippen LogP contribution >= 0.6 is 0 Å². The monoisotopic (exact) mass is 1050 g/mol. The molecule has 0 N–H and O–H groups in total. The molecular formula is C69H144N2O3. The van der Waals surface area contributed by atoms with Crippen LogP contribution in [0.5, 0.6) is 0 Å². The van der Waals surface area contributed by atoms with Gasteiger partial charge in [0.15, 0.2) is 0 Å². The average molecular weight is 1050 g/mol. The van der Waals surface area contributed by atoms with E-state index in [1.165, 1.54) is 395 Å². The van der Waals surface area contributed by atoms with Crippen LogP contribution in [0.25, 0.3) is 0 Å². The Kier molecular flexibility index (Phi) is 69.5. The van der Waals surface area contributed by atoms with Gasteiger partial charge in [0.05, 0.1) is 54.4 Å². The lowest BCUT2D eigenvalue weighted by Gasteiger charge is -2.30. The van der Waals surface area contributed by atoms with Gasteiger partial charge in [-0.3, -0.25) is 0 Å². The van der Waals surface area contributed by atoms with Crippen LogP contribution in [0.2, 0.25) is 0 Å². The fraction of sp³-hybridized carbons (Fsp3) is 0.986. The van der Waals surface area contributed by atoms with Crippen molar-refractivity contribution in [3.63, 3.8) is 0 Å². The molecule has 0 aromatic heterocycles. The standard InChI is InChI=1S/2C34H72N.CH2O3/c2*1-5-7-9-11-13-15-17-19-21-23-25-27-29-31-33-35(3,4)34-32-30-28-26-24-22-20-18-16-14-12-10-8-6-2;2-1(3)4/h2*5-34H2,1-4H3;(H2,2,3,4)/q2*+1;/p-2. The Morgan fingerprint density at radius 2 is 0.284 bits per heavy atom. The zero-order chi connectivity index (χ0) is 55.0. The van der Waals surface area contributed by atoms with Gasteiger partial charge in [-0.25, -0.2) is 0 Å². The smallest absolute Gasteiger partial charge is 0.0782 e. The van der Waals surface area contributed by atoms with Crippen molar-refractivity contribution in [2.75, 3.05) is 54.4 Å². The Morgan fingerprint density at radius 3 is 0.378 bits per heavy atom. The van der Waals surface area contributed by atoms with E-state index in [2.05, 4.69) is 55.9 Å². The van der Waals surface area contributed by atoms with Gasteiger partial charge in [-0.1, -0.05) is 336 Å². The molecule has 5 nitrogen and oxygen atoms in total. The topological polar surface area (TPSA) is 63.2 Å². The number of hydrogen-bond donors (Lipinski definition) is 0. The minimum Gasteiger partial charge on any atom is -0.652 e. The first-order valence-corrected chi connectivity index (χ1v) is 34.5. The van der Waals surface area contributed by atoms with Crippen molar-refractivity contribution in [2.24, 2.45) is 0 Å². The van der Waals surface area contributed by atoms with E-state index in [4.69, 9.17) is 15.0 Å². The van der Waals surface area contributed by atoms with E-state index >= 15 is 0 Å². The first kappa shape index (κ1) is 77.4. The van der Waals surface area contributed by atoms with Gasteiger partial charge in [-0.05, 0) is 57.5 Å². The summed E-state index contributed by atoms with van der Waals surface area (Å²) in [5.74, 6) is 0. The van der Waals surface area contributed by atoms with Gasteiger partial charge in [0.25, 0.3) is 0 Å². The molecule has 0 saturated heterocycles. The number of quaternary nitrogens is 2. The highest BCUT2D eigenvalue weighted by atomic mass is 16.6. The molecule has 0 aliphatic rings. The maximum Gasteiger partial charge on any atom is 0.0782 e. The molecule has 0 bridgehead atoms. The molecule has 0 aromatic rings. The molecule has 0 atom stereocenters. The van der Waals surface area contributed by atoms with Gasteiger partial charge in [-0.2, -0.15) is 0 Å². The van der Waals surface area contributed by atoms with Crippen molar-refractivity contribution in [1.29, 1.82) is 0 Å². The fourth-order valence-corrected chi connectivity index (χ4v) is 11.2. The molecule has 0 aliphatic carbocycles. The molecule has 0 spiro atoms. The van der Waals surface area contributed by atoms with Gasteiger partial charge in [-0.15, -0.1) is 0 Å². The molecule has 0 unspecified atom stereocenters. The largest absolute Gasteiger partial charge is 0.652 e. The van der Waals surface area contributed by atoms with Crippen molar-refractivity contribution in [3.05, 3.63) is 0 Å². The van der Waals surface area contributed by atoms with E-state index in [0.717, 1.165) is 0 Å². The molecule has 0 aromatic carbocycles. The molecule has 0 aliphatic heterocycles. The summed E-state index contributed by atoms with van der Waals surface area (Å²) in [5.41, 5.74) is 0. The summed E-state index contributed by atoms with van der Waals surface area (Å²) in [6.07, 6.45) is 79.6. The molecule has 5 heteroatoms. The van der Waals surface area contributed by atoms with Crippen molar-refractivity contribution in [3.8, 4) is 0 Å². The Balaban J connectivity index is -0.00000127. The van der Waals surface area contributed by atoms with Crippen molar-refractivity contribution in [1.82, 2.24) is 0 Å². The highest BCUT2D eigenvalue weighted by Crippen LogP contribution is 2.19. The van der Waals surface area contributed by atoms with Crippen LogP contribution in [-0.2, 0) is 0 Å². The minimum atomic E-state index is -2.33. The van der Waals surface area contributed by atoms with Crippen molar-refractivity contribution < 1.29 is 24.0 Å². The third-order valence-corrected chi connectivity index (χ3v) is 16.5. The SMILES string of the molecule is CCCCCCCCCCCCCCCC[N+](C)(C)CCCCCCCCCCCCCCCC.CCCCCCCCCCCCCCCC[N+](C)(C)CCCCCCCCCCCCCCCC.O=C([O-])[O-]. The fourth-order valence-electron chi connectivity index (χ4n) is 11.2. The van der Waals surface area contributed by atoms with Crippen LogP contribution in [0.4, 0.5) is 4.79 Å². The van der Waals surface area contributed by atoms with Crippen LogP contribution in [0.1, 0.15) is 387 Å². The van der Waals surface area contributed by atoms with Gasteiger partial charge in [0.2, 0.25) is 0 Å². The number of unbranched alkanes of at least 4 members (excludes halogenated alkanes) is 52. The lowest BCUT2D eigenvalue weighted by molar-refractivity contribution is -0.890. The molecular weight excluding hydrogens is 905 g/mol. The summed E-state index contributed by atoms with van der Waals surface area (Å²) < 4.78 is 2.49. The summed E-state index contributed by atoms with van der Waals surface area (Å²) in [5, 5.41) is 16.7. The highest BCUT2D eigenvalue weighted by molar-refractivity contribution is 5.47. The Hall–Kier alpha value is -0.810. The molecule has 0 rings (SSSR count). The highest BCUT2D eigenvalue weighted by Gasteiger charge is 2.15. The zero-order valence-corrected chi connectivity index (χ0v) is 53.0.